The summed E-state index contributed by atoms with van der Waals surface area (Å²) in [6, 6.07) is 14.8. The van der Waals surface area contributed by atoms with Gasteiger partial charge in [-0.25, -0.2) is 9.37 Å². The third-order valence-corrected chi connectivity index (χ3v) is 7.19. The van der Waals surface area contributed by atoms with Gasteiger partial charge in [-0.05, 0) is 50.8 Å². The molecule has 0 saturated heterocycles. The number of aromatic nitrogens is 2. The summed E-state index contributed by atoms with van der Waals surface area (Å²) in [5.41, 5.74) is 2.46. The number of hydrogen-bond acceptors (Lipinski definition) is 6. The summed E-state index contributed by atoms with van der Waals surface area (Å²) < 4.78 is 19.8. The second-order valence-electron chi connectivity index (χ2n) is 9.66. The Morgan fingerprint density at radius 1 is 1.08 bits per heavy atom. The molecule has 0 radical (unpaired) electrons. The average molecular weight is 522 g/mol. The first kappa shape index (κ1) is 25.0. The molecule has 1 aliphatic rings. The molecule has 1 amide bonds. The first-order chi connectivity index (χ1) is 17.8. The number of benzene rings is 2. The molecule has 2 N–H and O–H groups in total. The van der Waals surface area contributed by atoms with Crippen LogP contribution in [0.1, 0.15) is 41.8 Å². The number of nitrogens with zero attached hydrogens (tertiary/aromatic N) is 3. The van der Waals surface area contributed by atoms with Gasteiger partial charge in [0.05, 0.1) is 16.1 Å². The molecule has 0 bridgehead atoms. The first-order valence-electron chi connectivity index (χ1n) is 12.4. The number of pyridine rings is 1. The Hall–Kier alpha value is -3.65. The van der Waals surface area contributed by atoms with Crippen molar-refractivity contribution in [2.24, 2.45) is 0 Å². The van der Waals surface area contributed by atoms with Gasteiger partial charge in [0.1, 0.15) is 28.7 Å². The molecule has 7 nitrogen and oxygen atoms in total. The van der Waals surface area contributed by atoms with E-state index in [1.54, 1.807) is 13.0 Å². The lowest BCUT2D eigenvalue weighted by atomic mass is 9.90. The van der Waals surface area contributed by atoms with Crippen LogP contribution in [0.2, 0.25) is 5.02 Å². The predicted octanol–water partition coefficient (Wildman–Crippen LogP) is 6.21. The average Bonchev–Trinajstić information content (AvgIpc) is 3.25. The molecular weight excluding hydrogens is 493 g/mol. The van der Waals surface area contributed by atoms with Crippen LogP contribution in [0.4, 0.5) is 15.9 Å². The smallest absolute Gasteiger partial charge is 0.257 e. The number of anilines is 2. The van der Waals surface area contributed by atoms with Crippen molar-refractivity contribution >= 4 is 39.9 Å². The number of aryl methyl sites for hydroxylation is 1. The number of para-hydroxylation sites is 1. The molecule has 192 valence electrons. The molecule has 2 heterocycles. The molecule has 4 aromatic rings. The molecule has 1 saturated carbocycles. The standard InChI is InChI=1S/C28H29ClFN5O2/c1-16-25(27(34-37-16)26-20(29)8-6-9-21(26)30)28(36)32-18-13-11-17(12-14-18)31-24-15-23(35(2)3)19-7-4-5-10-22(19)33-24/h4-10,15,17-18H,11-14H2,1-3H3,(H,31,33)(H,32,36). The molecule has 2 aromatic carbocycles. The normalized spacial score (nSPS) is 17.5. The minimum absolute atomic E-state index is 0.00862. The van der Waals surface area contributed by atoms with Crippen LogP contribution in [0.5, 0.6) is 0 Å². The van der Waals surface area contributed by atoms with Crippen LogP contribution in [0.15, 0.2) is 53.1 Å². The molecule has 1 fully saturated rings. The zero-order chi connectivity index (χ0) is 26.1. The Labute approximate surface area is 220 Å². The highest BCUT2D eigenvalue weighted by atomic mass is 35.5. The van der Waals surface area contributed by atoms with E-state index in [1.807, 2.05) is 32.3 Å². The molecule has 0 aliphatic heterocycles. The zero-order valence-electron chi connectivity index (χ0n) is 21.0. The predicted molar refractivity (Wildman–Crippen MR) is 145 cm³/mol. The third kappa shape index (κ3) is 5.11. The van der Waals surface area contributed by atoms with Crippen molar-refractivity contribution in [3.05, 3.63) is 70.7 Å². The van der Waals surface area contributed by atoms with Crippen LogP contribution >= 0.6 is 11.6 Å². The van der Waals surface area contributed by atoms with Crippen LogP contribution in [-0.4, -0.2) is 42.2 Å². The number of carbonyl (C=O) groups is 1. The van der Waals surface area contributed by atoms with Crippen LogP contribution < -0.4 is 15.5 Å². The van der Waals surface area contributed by atoms with Crippen molar-refractivity contribution in [1.29, 1.82) is 0 Å². The van der Waals surface area contributed by atoms with Crippen LogP contribution in [0.25, 0.3) is 22.2 Å². The summed E-state index contributed by atoms with van der Waals surface area (Å²) in [5.74, 6) is 0.278. The maximum Gasteiger partial charge on any atom is 0.257 e. The summed E-state index contributed by atoms with van der Waals surface area (Å²) in [6.45, 7) is 1.64. The zero-order valence-corrected chi connectivity index (χ0v) is 21.8. The van der Waals surface area contributed by atoms with E-state index in [1.165, 1.54) is 12.1 Å². The van der Waals surface area contributed by atoms with Crippen molar-refractivity contribution in [2.75, 3.05) is 24.3 Å². The fraction of sp³-hybridized carbons (Fsp3) is 0.321. The Morgan fingerprint density at radius 2 is 1.81 bits per heavy atom. The van der Waals surface area contributed by atoms with Gasteiger partial charge in [0, 0.05) is 43.3 Å². The van der Waals surface area contributed by atoms with E-state index in [2.05, 4.69) is 32.8 Å². The van der Waals surface area contributed by atoms with E-state index >= 15 is 0 Å². The maximum absolute atomic E-state index is 14.5. The Bertz CT molecular complexity index is 1430. The Balaban J connectivity index is 1.25. The topological polar surface area (TPSA) is 83.3 Å². The highest BCUT2D eigenvalue weighted by molar-refractivity contribution is 6.33. The summed E-state index contributed by atoms with van der Waals surface area (Å²) in [4.78, 5) is 20.1. The lowest BCUT2D eigenvalue weighted by Crippen LogP contribution is -2.40. The summed E-state index contributed by atoms with van der Waals surface area (Å²) in [6.07, 6.45) is 3.37. The fourth-order valence-corrected chi connectivity index (χ4v) is 5.24. The number of hydrogen-bond donors (Lipinski definition) is 2. The van der Waals surface area contributed by atoms with Crippen LogP contribution in [-0.2, 0) is 0 Å². The molecule has 0 spiro atoms. The highest BCUT2D eigenvalue weighted by Gasteiger charge is 2.29. The molecule has 2 aromatic heterocycles. The first-order valence-corrected chi connectivity index (χ1v) is 12.7. The maximum atomic E-state index is 14.5. The van der Waals surface area contributed by atoms with Crippen LogP contribution in [0, 0.1) is 12.7 Å². The molecule has 0 unspecified atom stereocenters. The minimum Gasteiger partial charge on any atom is -0.377 e. The molecule has 37 heavy (non-hydrogen) atoms. The van der Waals surface area contributed by atoms with Gasteiger partial charge in [0.25, 0.3) is 5.91 Å². The van der Waals surface area contributed by atoms with E-state index in [0.29, 0.717) is 5.76 Å². The Morgan fingerprint density at radius 3 is 2.54 bits per heavy atom. The molecule has 1 aliphatic carbocycles. The summed E-state index contributed by atoms with van der Waals surface area (Å²) in [5, 5.41) is 11.9. The van der Waals surface area contributed by atoms with Gasteiger partial charge in [-0.3, -0.25) is 4.79 Å². The summed E-state index contributed by atoms with van der Waals surface area (Å²) in [7, 11) is 4.06. The quantitative estimate of drug-likeness (QED) is 0.314. The van der Waals surface area contributed by atoms with Crippen molar-refractivity contribution in [2.45, 2.75) is 44.7 Å². The van der Waals surface area contributed by atoms with E-state index < -0.39 is 5.82 Å². The van der Waals surface area contributed by atoms with Crippen molar-refractivity contribution < 1.29 is 13.7 Å². The number of rotatable bonds is 6. The highest BCUT2D eigenvalue weighted by Crippen LogP contribution is 2.34. The van der Waals surface area contributed by atoms with Crippen molar-refractivity contribution in [3.8, 4) is 11.3 Å². The molecule has 0 atom stereocenters. The van der Waals surface area contributed by atoms with Crippen molar-refractivity contribution in [1.82, 2.24) is 15.5 Å². The SMILES string of the molecule is Cc1onc(-c2c(F)cccc2Cl)c1C(=O)NC1CCC(Nc2cc(N(C)C)c3ccccc3n2)CC1. The second-order valence-corrected chi connectivity index (χ2v) is 10.1. The van der Waals surface area contributed by atoms with Crippen molar-refractivity contribution in [3.63, 3.8) is 0 Å². The fourth-order valence-electron chi connectivity index (χ4n) is 4.98. The third-order valence-electron chi connectivity index (χ3n) is 6.88. The van der Waals surface area contributed by atoms with E-state index in [9.17, 15) is 9.18 Å². The number of nitrogens with one attached hydrogen (secondary N) is 2. The van der Waals surface area contributed by atoms with Crippen LogP contribution in [0.3, 0.4) is 0 Å². The Kier molecular flexibility index (Phi) is 7.02. The minimum atomic E-state index is -0.554. The van der Waals surface area contributed by atoms with E-state index in [0.717, 1.165) is 48.1 Å². The lowest BCUT2D eigenvalue weighted by Gasteiger charge is -2.30. The van der Waals surface area contributed by atoms with Gasteiger partial charge in [-0.2, -0.15) is 0 Å². The molecule has 5 rings (SSSR count). The largest absolute Gasteiger partial charge is 0.377 e. The van der Waals surface area contributed by atoms with E-state index in [4.69, 9.17) is 21.1 Å². The second kappa shape index (κ2) is 10.4. The lowest BCUT2D eigenvalue weighted by molar-refractivity contribution is 0.0925. The number of halogens is 2. The number of fused-ring (bicyclic) bond motifs is 1. The van der Waals surface area contributed by atoms with Gasteiger partial charge in [-0.1, -0.05) is 41.0 Å². The summed E-state index contributed by atoms with van der Waals surface area (Å²) >= 11 is 6.22. The molecule has 9 heteroatoms. The van der Waals surface area contributed by atoms with Gasteiger partial charge in [0.2, 0.25) is 0 Å². The van der Waals surface area contributed by atoms with Gasteiger partial charge in [0.15, 0.2) is 0 Å². The molecular formula is C28H29ClFN5O2. The number of amides is 1. The number of carbonyl (C=O) groups excluding carboxylic acids is 1. The van der Waals surface area contributed by atoms with Gasteiger partial charge >= 0.3 is 0 Å². The van der Waals surface area contributed by atoms with E-state index in [-0.39, 0.29) is 39.8 Å². The van der Waals surface area contributed by atoms with Gasteiger partial charge < -0.3 is 20.1 Å². The van der Waals surface area contributed by atoms with Gasteiger partial charge in [-0.15, -0.1) is 0 Å². The monoisotopic (exact) mass is 521 g/mol.